The van der Waals surface area contributed by atoms with Crippen molar-refractivity contribution in [2.24, 2.45) is 0 Å². The Balaban J connectivity index is 0. The maximum Gasteiger partial charge on any atom is 2.00 e. The molecule has 0 aliphatic carbocycles. The minimum absolute atomic E-state index is 0. The summed E-state index contributed by atoms with van der Waals surface area (Å²) in [7, 11) is -2.60. The van der Waals surface area contributed by atoms with Crippen molar-refractivity contribution >= 4 is 0 Å². The van der Waals surface area contributed by atoms with E-state index in [4.69, 9.17) is 14.0 Å². The maximum absolute atomic E-state index is 8.52. The molecule has 0 aromatic heterocycles. The van der Waals surface area contributed by atoms with Crippen LogP contribution < -0.4 is 9.32 Å². The van der Waals surface area contributed by atoms with Gasteiger partial charge in [-0.1, -0.05) is 0 Å². The van der Waals surface area contributed by atoms with Gasteiger partial charge >= 0.3 is 21.1 Å². The minimum atomic E-state index is -2.60. The Morgan fingerprint density at radius 1 is 1.40 bits per heavy atom. The normalized spacial score (nSPS) is 7.20. The molecule has 0 atom stereocenters. The molecule has 0 saturated carbocycles. The molecular weight excluding hydrogens is 279 g/mol. The number of halogens is 1. The van der Waals surface area contributed by atoms with Crippen molar-refractivity contribution in [3.05, 3.63) is 0 Å². The monoisotopic (exact) mass is 279 g/mol. The van der Waals surface area contributed by atoms with Crippen molar-refractivity contribution in [1.29, 1.82) is 0 Å². The topological polar surface area (TPSA) is 66.3 Å². The summed E-state index contributed by atoms with van der Waals surface area (Å²) in [5, 5.41) is 0. The quantitative estimate of drug-likeness (QED) is 0.516. The van der Waals surface area contributed by atoms with E-state index in [0.29, 0.717) is 0 Å². The van der Waals surface area contributed by atoms with Crippen LogP contribution in [0.25, 0.3) is 0 Å². The van der Waals surface area contributed by atoms with Crippen molar-refractivity contribution < 1.29 is 45.8 Å². The third kappa shape index (κ3) is 53.9. The largest absolute Gasteiger partial charge is 2.00 e. The molecule has 0 aliphatic rings. The molecule has 0 radical (unpaired) electrons. The molecule has 34 valence electrons. The number of hydrogen-bond donors (Lipinski definition) is 1. The van der Waals surface area contributed by atoms with Crippen LogP contribution in [0.4, 0.5) is 0 Å². The van der Waals surface area contributed by atoms with Gasteiger partial charge < -0.3 is 9.32 Å². The van der Waals surface area contributed by atoms with Crippen LogP contribution >= 0.6 is 0 Å². The summed E-state index contributed by atoms with van der Waals surface area (Å²) < 4.78 is 24.0. The van der Waals surface area contributed by atoms with Crippen molar-refractivity contribution in [2.75, 3.05) is 0 Å². The third-order valence-electron chi connectivity index (χ3n) is 0. The Morgan fingerprint density at radius 3 is 1.40 bits per heavy atom. The fourth-order valence-electron chi connectivity index (χ4n) is 0. The summed E-state index contributed by atoms with van der Waals surface area (Å²) in [6.07, 6.45) is 0. The molecule has 3 nitrogen and oxygen atoms in total. The van der Waals surface area contributed by atoms with Crippen molar-refractivity contribution in [3.63, 3.8) is 0 Å². The first-order chi connectivity index (χ1) is 1.73. The van der Waals surface area contributed by atoms with E-state index in [2.05, 4.69) is 0 Å². The molecular formula is HClO3Pt+2. The average Bonchev–Trinajstić information content (AvgIpc) is 0.811. The molecule has 0 aromatic carbocycles. The fourth-order valence-corrected chi connectivity index (χ4v) is 0. The Hall–Kier alpha value is 0.858. The van der Waals surface area contributed by atoms with Crippen molar-refractivity contribution in [3.8, 4) is 0 Å². The van der Waals surface area contributed by atoms with Gasteiger partial charge in [0.1, 0.15) is 0 Å². The second kappa shape index (κ2) is 4.86. The second-order valence-corrected chi connectivity index (χ2v) is 0.603. The van der Waals surface area contributed by atoms with Gasteiger partial charge in [0, 0.05) is 4.66 Å². The predicted molar refractivity (Wildman–Crippen MR) is 2.22 cm³/mol. The van der Waals surface area contributed by atoms with Crippen LogP contribution in [0.2, 0.25) is 0 Å². The SMILES string of the molecule is [O-][Cl+2]([O-])O.[Pt+2]. The molecule has 5 heteroatoms. The van der Waals surface area contributed by atoms with Gasteiger partial charge in [-0.15, -0.1) is 0 Å². The summed E-state index contributed by atoms with van der Waals surface area (Å²) in [6.45, 7) is 0. The van der Waals surface area contributed by atoms with Gasteiger partial charge in [-0.3, -0.25) is 0 Å². The van der Waals surface area contributed by atoms with Crippen molar-refractivity contribution in [1.82, 2.24) is 0 Å². The molecule has 5 heavy (non-hydrogen) atoms. The Labute approximate surface area is 46.3 Å². The van der Waals surface area contributed by atoms with Gasteiger partial charge in [0.2, 0.25) is 0 Å². The van der Waals surface area contributed by atoms with Gasteiger partial charge in [-0.25, -0.2) is 0 Å². The van der Waals surface area contributed by atoms with E-state index in [-0.39, 0.29) is 21.1 Å². The van der Waals surface area contributed by atoms with Crippen LogP contribution in [0.15, 0.2) is 0 Å². The molecule has 0 aromatic rings. The average molecular weight is 280 g/mol. The first-order valence-electron chi connectivity index (χ1n) is 0.478. The van der Waals surface area contributed by atoms with E-state index in [9.17, 15) is 0 Å². The third-order valence-corrected chi connectivity index (χ3v) is 0. The Bertz CT molecular complexity index is 11.6. The molecule has 0 bridgehead atoms. The zero-order chi connectivity index (χ0) is 3.58. The summed E-state index contributed by atoms with van der Waals surface area (Å²) in [5.74, 6) is 0. The zero-order valence-electron chi connectivity index (χ0n) is 1.96. The Kier molecular flexibility index (Phi) is 9.03. The molecule has 0 saturated heterocycles. The number of hydrogen-bond acceptors (Lipinski definition) is 3. The van der Waals surface area contributed by atoms with Gasteiger partial charge in [0.05, 0.1) is 0 Å². The van der Waals surface area contributed by atoms with Gasteiger partial charge in [-0.05, 0) is 0 Å². The van der Waals surface area contributed by atoms with Gasteiger partial charge in [-0.2, -0.15) is 0 Å². The predicted octanol–water partition coefficient (Wildman–Crippen LogP) is -2.94. The molecule has 1 N–H and O–H groups in total. The van der Waals surface area contributed by atoms with Gasteiger partial charge in [0.15, 0.2) is 0 Å². The van der Waals surface area contributed by atoms with E-state index in [1.54, 1.807) is 0 Å². The molecule has 0 aliphatic heterocycles. The molecule has 0 amide bonds. The first kappa shape index (κ1) is 9.29. The zero-order valence-corrected chi connectivity index (χ0v) is 4.99. The van der Waals surface area contributed by atoms with E-state index < -0.39 is 10.8 Å². The summed E-state index contributed by atoms with van der Waals surface area (Å²) >= 11 is 0. The van der Waals surface area contributed by atoms with Crippen molar-refractivity contribution in [2.45, 2.75) is 0 Å². The van der Waals surface area contributed by atoms with Crippen LogP contribution in [0.5, 0.6) is 0 Å². The summed E-state index contributed by atoms with van der Waals surface area (Å²) in [6, 6.07) is 0. The van der Waals surface area contributed by atoms with E-state index in [0.717, 1.165) is 0 Å². The van der Waals surface area contributed by atoms with Crippen LogP contribution in [-0.2, 0) is 21.1 Å². The number of rotatable bonds is 0. The van der Waals surface area contributed by atoms with Crippen LogP contribution in [0, 0.1) is 10.8 Å². The smallest absolute Gasteiger partial charge is 0.321 e. The van der Waals surface area contributed by atoms with E-state index >= 15 is 0 Å². The second-order valence-electron chi connectivity index (χ2n) is 0.201. The standard InChI is InChI=1S/ClHO3.Pt/c2-1(3)4;/h2H;/q;+2. The molecule has 0 fully saturated rings. The summed E-state index contributed by atoms with van der Waals surface area (Å²) in [4.78, 5) is 0. The fraction of sp³-hybridized carbons (Fsp3) is 0. The summed E-state index contributed by atoms with van der Waals surface area (Å²) in [5.41, 5.74) is 0. The molecule has 0 rings (SSSR count). The van der Waals surface area contributed by atoms with Crippen LogP contribution in [-0.4, -0.2) is 4.66 Å². The molecule has 0 heterocycles. The van der Waals surface area contributed by atoms with E-state index in [1.807, 2.05) is 0 Å². The molecule has 0 unspecified atom stereocenters. The van der Waals surface area contributed by atoms with Crippen LogP contribution in [0.3, 0.4) is 0 Å². The van der Waals surface area contributed by atoms with E-state index in [1.165, 1.54) is 0 Å². The Morgan fingerprint density at radius 2 is 1.40 bits per heavy atom. The van der Waals surface area contributed by atoms with Crippen LogP contribution in [0.1, 0.15) is 0 Å². The van der Waals surface area contributed by atoms with Gasteiger partial charge in [0.25, 0.3) is 10.8 Å². The minimum Gasteiger partial charge on any atom is -0.321 e. The maximum atomic E-state index is 8.52. The molecule has 0 spiro atoms. The first-order valence-corrected chi connectivity index (χ1v) is 1.43.